The lowest BCUT2D eigenvalue weighted by Crippen LogP contribution is -2.94. The van der Waals surface area contributed by atoms with Gasteiger partial charge in [-0.15, -0.1) is 0 Å². The number of ketones is 1. The van der Waals surface area contributed by atoms with Crippen LogP contribution in [-0.2, 0) is 47.6 Å². The molecule has 14 atom stereocenters. The van der Waals surface area contributed by atoms with Crippen LogP contribution in [0, 0.1) is 39.9 Å². The molecule has 3 saturated heterocycles. The molecule has 13 nitrogen and oxygen atoms in total. The lowest BCUT2D eigenvalue weighted by atomic mass is 9.32. The van der Waals surface area contributed by atoms with E-state index in [0.717, 1.165) is 0 Å². The Labute approximate surface area is 277 Å². The molecule has 2 N–H and O–H groups in total. The van der Waals surface area contributed by atoms with Crippen LogP contribution in [0.1, 0.15) is 85.8 Å². The normalized spacial score (nSPS) is 52.6. The number of rotatable bonds is 7. The van der Waals surface area contributed by atoms with Crippen LogP contribution in [0.5, 0.6) is 0 Å². The molecule has 1 aromatic rings. The van der Waals surface area contributed by atoms with Crippen molar-refractivity contribution in [2.75, 3.05) is 7.11 Å². The molecule has 3 aliphatic heterocycles. The molecule has 4 heterocycles. The Morgan fingerprint density at radius 3 is 2.35 bits per heavy atom. The highest BCUT2D eigenvalue weighted by Gasteiger charge is 3.04. The summed E-state index contributed by atoms with van der Waals surface area (Å²) in [6.07, 6.45) is -0.749. The van der Waals surface area contributed by atoms with Crippen LogP contribution in [0.2, 0.25) is 0 Å². The molecule has 48 heavy (non-hydrogen) atoms. The first-order valence-corrected chi connectivity index (χ1v) is 16.8. The molecular weight excluding hydrogens is 628 g/mol. The second-order valence-corrected chi connectivity index (χ2v) is 16.4. The van der Waals surface area contributed by atoms with E-state index in [4.69, 9.17) is 32.8 Å². The second-order valence-electron chi connectivity index (χ2n) is 16.4. The highest BCUT2D eigenvalue weighted by Crippen LogP contribution is 2.90. The third-order valence-electron chi connectivity index (χ3n) is 14.2. The lowest BCUT2D eigenvalue weighted by Gasteiger charge is -2.78. The zero-order chi connectivity index (χ0) is 34.8. The second kappa shape index (κ2) is 9.08. The van der Waals surface area contributed by atoms with E-state index < -0.39 is 110 Å². The van der Waals surface area contributed by atoms with Crippen molar-refractivity contribution in [3.05, 3.63) is 24.2 Å². The number of aliphatic hydroxyl groups is 2. The van der Waals surface area contributed by atoms with Gasteiger partial charge in [0.15, 0.2) is 11.7 Å². The van der Waals surface area contributed by atoms with Crippen molar-refractivity contribution in [3.63, 3.8) is 0 Å². The van der Waals surface area contributed by atoms with Crippen LogP contribution in [-0.4, -0.2) is 81.6 Å². The minimum atomic E-state index is -2.25. The van der Waals surface area contributed by atoms with E-state index in [0.29, 0.717) is 5.56 Å². The maximum absolute atomic E-state index is 14.5. The summed E-state index contributed by atoms with van der Waals surface area (Å²) in [4.78, 5) is 54.7. The van der Waals surface area contributed by atoms with Crippen LogP contribution in [0.4, 0.5) is 0 Å². The summed E-state index contributed by atoms with van der Waals surface area (Å²) in [5.41, 5.74) is -10.2. The molecule has 262 valence electrons. The quantitative estimate of drug-likeness (QED) is 0.246. The maximum Gasteiger partial charge on any atom is 0.317 e. The monoisotopic (exact) mass is 672 g/mol. The number of hydrogen-bond donors (Lipinski definition) is 2. The van der Waals surface area contributed by atoms with Crippen LogP contribution < -0.4 is 0 Å². The van der Waals surface area contributed by atoms with Crippen molar-refractivity contribution >= 4 is 23.7 Å². The van der Waals surface area contributed by atoms with Crippen LogP contribution in [0.25, 0.3) is 0 Å². The number of hydrogen-bond acceptors (Lipinski definition) is 13. The first-order valence-electron chi connectivity index (χ1n) is 16.8. The Morgan fingerprint density at radius 2 is 1.75 bits per heavy atom. The van der Waals surface area contributed by atoms with Gasteiger partial charge in [-0.1, -0.05) is 34.6 Å². The van der Waals surface area contributed by atoms with Crippen molar-refractivity contribution in [2.24, 2.45) is 39.9 Å². The molecule has 7 aliphatic rings. The molecule has 4 bridgehead atoms. The summed E-state index contributed by atoms with van der Waals surface area (Å²) < 4.78 is 43.9. The van der Waals surface area contributed by atoms with Crippen molar-refractivity contribution < 1.29 is 62.2 Å². The average Bonchev–Trinajstić information content (AvgIpc) is 3.70. The average molecular weight is 673 g/mol. The first kappa shape index (κ1) is 32.4. The molecule has 0 radical (unpaired) electrons. The molecule has 8 rings (SSSR count). The molecule has 13 heteroatoms. The molecule has 1 aromatic heterocycles. The third kappa shape index (κ3) is 3.03. The summed E-state index contributed by atoms with van der Waals surface area (Å²) in [6.45, 7) is 11.8. The van der Waals surface area contributed by atoms with Gasteiger partial charge in [-0.2, -0.15) is 0 Å². The van der Waals surface area contributed by atoms with Gasteiger partial charge in [0.05, 0.1) is 25.7 Å². The van der Waals surface area contributed by atoms with E-state index in [2.05, 4.69) is 0 Å². The van der Waals surface area contributed by atoms with Crippen molar-refractivity contribution in [3.8, 4) is 0 Å². The zero-order valence-corrected chi connectivity index (χ0v) is 28.5. The third-order valence-corrected chi connectivity index (χ3v) is 14.2. The van der Waals surface area contributed by atoms with Gasteiger partial charge < -0.3 is 43.1 Å². The number of methoxy groups -OCH3 is 1. The highest BCUT2D eigenvalue weighted by atomic mass is 16.9. The molecular formula is C35H44O13. The van der Waals surface area contributed by atoms with Crippen molar-refractivity contribution in [1.29, 1.82) is 0 Å². The largest absolute Gasteiger partial charge is 0.472 e. The zero-order valence-electron chi connectivity index (χ0n) is 28.5. The number of furan rings is 1. The molecule has 14 unspecified atom stereocenters. The lowest BCUT2D eigenvalue weighted by molar-refractivity contribution is -0.479. The fourth-order valence-corrected chi connectivity index (χ4v) is 12.8. The first-order chi connectivity index (χ1) is 22.3. The summed E-state index contributed by atoms with van der Waals surface area (Å²) in [5.74, 6) is -8.06. The number of Topliss-reactive ketones (excluding diaryl/α,β-unsaturated/α-hetero) is 1. The Bertz CT molecular complexity index is 1640. The van der Waals surface area contributed by atoms with E-state index in [-0.39, 0.29) is 25.7 Å². The van der Waals surface area contributed by atoms with E-state index >= 15 is 0 Å². The van der Waals surface area contributed by atoms with E-state index in [1.165, 1.54) is 26.6 Å². The maximum atomic E-state index is 14.5. The predicted octanol–water partition coefficient (Wildman–Crippen LogP) is 2.75. The van der Waals surface area contributed by atoms with E-state index in [1.54, 1.807) is 26.8 Å². The number of ether oxygens (including phenoxy) is 6. The van der Waals surface area contributed by atoms with Gasteiger partial charge in [0.2, 0.25) is 0 Å². The van der Waals surface area contributed by atoms with Crippen molar-refractivity contribution in [2.45, 2.75) is 121 Å². The number of fused-ring (bicyclic) bond motifs is 3. The number of carbonyl (C=O) groups is 4. The Balaban J connectivity index is 1.47. The summed E-state index contributed by atoms with van der Waals surface area (Å²) in [6, 6.07) is 1.67. The number of esters is 3. The highest BCUT2D eigenvalue weighted by molar-refractivity contribution is 6.01. The van der Waals surface area contributed by atoms with Crippen LogP contribution in [0.15, 0.2) is 23.0 Å². The van der Waals surface area contributed by atoms with Crippen molar-refractivity contribution in [1.82, 2.24) is 0 Å². The number of aliphatic hydroxyl groups excluding tert-OH is 1. The topological polar surface area (TPSA) is 177 Å². The predicted molar refractivity (Wildman–Crippen MR) is 159 cm³/mol. The van der Waals surface area contributed by atoms with Crippen LogP contribution in [0.3, 0.4) is 0 Å². The summed E-state index contributed by atoms with van der Waals surface area (Å²) >= 11 is 0. The summed E-state index contributed by atoms with van der Waals surface area (Å²) in [7, 11) is 1.30. The molecule has 3 spiro atoms. The molecule has 0 amide bonds. The van der Waals surface area contributed by atoms with E-state index in [9.17, 15) is 29.4 Å². The molecule has 0 aromatic carbocycles. The van der Waals surface area contributed by atoms with Gasteiger partial charge in [-0.25, -0.2) is 0 Å². The van der Waals surface area contributed by atoms with Gasteiger partial charge in [0.1, 0.15) is 34.6 Å². The molecule has 4 aliphatic carbocycles. The van der Waals surface area contributed by atoms with E-state index in [1.807, 2.05) is 20.8 Å². The van der Waals surface area contributed by atoms with Gasteiger partial charge in [0.25, 0.3) is 5.97 Å². The molecule has 4 saturated carbocycles. The Morgan fingerprint density at radius 1 is 1.06 bits per heavy atom. The Hall–Kier alpha value is -2.84. The molecule has 7 fully saturated rings. The summed E-state index contributed by atoms with van der Waals surface area (Å²) in [5, 5.41) is 25.7. The van der Waals surface area contributed by atoms with Gasteiger partial charge >= 0.3 is 17.9 Å². The fourth-order valence-electron chi connectivity index (χ4n) is 12.8. The standard InChI is InChI=1S/C35H44O13/c1-16(2)22(38)21-23-28(4,24(44-17(3)36)18-9-12-43-14-18)10-11-32-30(6)19(13-20(37)42-8)29(5)15-33(30)34(41,26(29)40)27(45-25(21)39)35(23,32)48-31(7,46-32)47-33/h9,12,14,16,19,21,23-24,26-27,40-41H,10-11,13,15H2,1-8H3. The Kier molecular flexibility index (Phi) is 6.13. The minimum absolute atomic E-state index is 0.116. The number of carbonyl (C=O) groups excluding carboxylic acids is 4. The van der Waals surface area contributed by atoms with Gasteiger partial charge in [0, 0.05) is 53.9 Å². The van der Waals surface area contributed by atoms with Crippen LogP contribution >= 0.6 is 0 Å². The smallest absolute Gasteiger partial charge is 0.317 e. The van der Waals surface area contributed by atoms with Gasteiger partial charge in [-0.05, 0) is 31.2 Å². The minimum Gasteiger partial charge on any atom is -0.472 e. The fraction of sp³-hybridized carbons (Fsp3) is 0.771. The SMILES string of the molecule is COC(=O)CC1C2(C)CC34OC5(C)OC67C(C(C(=O)C(C)C)C(=O)OC6C3(O)C2O)C(C)(C(OC(C)=O)c2ccoc2)CCC7(O5)C14C. The van der Waals surface area contributed by atoms with Gasteiger partial charge in [-0.3, -0.25) is 19.2 Å².